The summed E-state index contributed by atoms with van der Waals surface area (Å²) in [5.41, 5.74) is 0. The smallest absolute Gasteiger partial charge is 0.822 e. The van der Waals surface area contributed by atoms with E-state index in [0.717, 1.165) is 0 Å². The minimum Gasteiger partial charge on any atom is -0.822 e. The summed E-state index contributed by atoms with van der Waals surface area (Å²) < 4.78 is 43.7. The molecule has 0 spiro atoms. The van der Waals surface area contributed by atoms with Gasteiger partial charge in [-0.25, -0.2) is 13.7 Å². The van der Waals surface area contributed by atoms with Crippen molar-refractivity contribution < 1.29 is 96.2 Å². The molecule has 0 fully saturated rings. The SMILES string of the molecule is O=P(O)(O)O.O=P(O)(O)O.O=P(O)(O)O.O=P([O-])([O-])[O-].O=P([O-])([O-])[O-].[Mg+2].[Mg+2].[Mg+2]. The van der Waals surface area contributed by atoms with E-state index in [1.807, 2.05) is 0 Å². The van der Waals surface area contributed by atoms with E-state index in [-0.39, 0.29) is 69.2 Å². The predicted molar refractivity (Wildman–Crippen MR) is 75.3 cm³/mol. The third kappa shape index (κ3) is 2760. The maximum absolute atomic E-state index is 8.88. The van der Waals surface area contributed by atoms with Crippen molar-refractivity contribution in [1.29, 1.82) is 0 Å². The Balaban J connectivity index is -0.0000000290. The van der Waals surface area contributed by atoms with Crippen molar-refractivity contribution in [2.24, 2.45) is 0 Å². The largest absolute Gasteiger partial charge is 2.00 e. The zero-order chi connectivity index (χ0) is 22.5. The van der Waals surface area contributed by atoms with Gasteiger partial charge in [0.2, 0.25) is 0 Å². The zero-order valence-corrected chi connectivity index (χ0v) is 21.6. The van der Waals surface area contributed by atoms with Crippen LogP contribution in [0.3, 0.4) is 0 Å². The minimum absolute atomic E-state index is 0. The zero-order valence-electron chi connectivity index (χ0n) is 12.9. The van der Waals surface area contributed by atoms with Gasteiger partial charge in [0.25, 0.3) is 0 Å². The average Bonchev–Trinajstić information content (AvgIpc) is 1.79. The standard InChI is InChI=1S/3Mg.5H3O4P/c;;;5*1-5(2,3)4/h;;;5*(H3,1,2,3,4)/q3*+2;;;;;/p-6. The van der Waals surface area contributed by atoms with Gasteiger partial charge in [0, 0.05) is 0 Å². The van der Waals surface area contributed by atoms with Gasteiger partial charge in [0.1, 0.15) is 0 Å². The topological polar surface area (TPSA) is 406 Å². The maximum Gasteiger partial charge on any atom is 2.00 e. The number of hydrogen-bond acceptors (Lipinski definition) is 11. The molecule has 0 aromatic carbocycles. The van der Waals surface area contributed by atoms with E-state index in [0.29, 0.717) is 0 Å². The molecule has 20 nitrogen and oxygen atoms in total. The van der Waals surface area contributed by atoms with Crippen LogP contribution in [0, 0.1) is 0 Å². The number of hydrogen-bond donors (Lipinski definition) is 9. The molecule has 0 aliphatic carbocycles. The molecule has 0 saturated carbocycles. The number of rotatable bonds is 0. The van der Waals surface area contributed by atoms with Crippen LogP contribution in [0.4, 0.5) is 0 Å². The Labute approximate surface area is 203 Å². The van der Waals surface area contributed by atoms with E-state index in [4.69, 9.17) is 96.2 Å². The van der Waals surface area contributed by atoms with Crippen molar-refractivity contribution in [3.8, 4) is 0 Å². The molecule has 0 saturated heterocycles. The Morgan fingerprint density at radius 3 is 0.357 bits per heavy atom. The van der Waals surface area contributed by atoms with Gasteiger partial charge in [-0.1, -0.05) is 0 Å². The molecule has 160 valence electrons. The minimum atomic E-state index is -5.39. The summed E-state index contributed by atoms with van der Waals surface area (Å²) in [6.07, 6.45) is 0. The Morgan fingerprint density at radius 2 is 0.357 bits per heavy atom. The van der Waals surface area contributed by atoms with Crippen LogP contribution in [-0.4, -0.2) is 113 Å². The van der Waals surface area contributed by atoms with Gasteiger partial charge in [-0.3, -0.25) is 0 Å². The Kier molecular flexibility index (Phi) is 43.3. The van der Waals surface area contributed by atoms with Crippen molar-refractivity contribution in [3.05, 3.63) is 0 Å². The van der Waals surface area contributed by atoms with E-state index in [1.54, 1.807) is 0 Å². The van der Waals surface area contributed by atoms with E-state index in [1.165, 1.54) is 0 Å². The molecule has 0 amide bonds. The molecule has 9 N–H and O–H groups in total. The second kappa shape index (κ2) is 23.0. The van der Waals surface area contributed by atoms with Crippen LogP contribution in [0.5, 0.6) is 0 Å². The van der Waals surface area contributed by atoms with Gasteiger partial charge in [-0.2, -0.15) is 15.6 Å². The van der Waals surface area contributed by atoms with Crippen molar-refractivity contribution in [3.63, 3.8) is 0 Å². The van der Waals surface area contributed by atoms with Crippen LogP contribution >= 0.6 is 39.1 Å². The molecule has 0 heterocycles. The maximum atomic E-state index is 8.88. The third-order valence-corrected chi connectivity index (χ3v) is 0. The van der Waals surface area contributed by atoms with E-state index in [2.05, 4.69) is 0 Å². The quantitative estimate of drug-likeness (QED) is 0.0986. The van der Waals surface area contributed by atoms with Crippen molar-refractivity contribution in [2.45, 2.75) is 0 Å². The fraction of sp³-hybridized carbons (Fsp3) is 0. The van der Waals surface area contributed by atoms with Crippen LogP contribution in [0.2, 0.25) is 0 Å². The van der Waals surface area contributed by atoms with Crippen LogP contribution in [0.25, 0.3) is 0 Å². The Morgan fingerprint density at radius 1 is 0.357 bits per heavy atom. The fourth-order valence-electron chi connectivity index (χ4n) is 0. The van der Waals surface area contributed by atoms with Crippen LogP contribution in [0.15, 0.2) is 0 Å². The molecule has 0 aromatic heterocycles. The molecule has 0 aromatic rings. The van der Waals surface area contributed by atoms with Gasteiger partial charge >= 0.3 is 92.6 Å². The molecule has 28 heavy (non-hydrogen) atoms. The molecule has 0 radical (unpaired) electrons. The summed E-state index contributed by atoms with van der Waals surface area (Å²) >= 11 is 0. The van der Waals surface area contributed by atoms with Crippen molar-refractivity contribution >= 4 is 108 Å². The summed E-state index contributed by atoms with van der Waals surface area (Å²) in [4.78, 5) is 116. The van der Waals surface area contributed by atoms with Crippen LogP contribution in [0.1, 0.15) is 0 Å². The first kappa shape index (κ1) is 52.6. The first-order chi connectivity index (χ1) is 10.0. The average molecular weight is 557 g/mol. The van der Waals surface area contributed by atoms with Crippen LogP contribution < -0.4 is 29.4 Å². The summed E-state index contributed by atoms with van der Waals surface area (Å²) in [6, 6.07) is 0. The van der Waals surface area contributed by atoms with Crippen molar-refractivity contribution in [1.82, 2.24) is 0 Å². The monoisotopic (exact) mass is 556 g/mol. The second-order valence-corrected chi connectivity index (χ2v) is 7.30. The van der Waals surface area contributed by atoms with Gasteiger partial charge < -0.3 is 82.5 Å². The van der Waals surface area contributed by atoms with Crippen LogP contribution in [-0.2, 0) is 22.8 Å². The molecule has 0 unspecified atom stereocenters. The van der Waals surface area contributed by atoms with E-state index in [9.17, 15) is 0 Å². The summed E-state index contributed by atoms with van der Waals surface area (Å²) in [6.45, 7) is 0. The first-order valence-electron chi connectivity index (χ1n) is 3.81. The summed E-state index contributed by atoms with van der Waals surface area (Å²) in [5.74, 6) is 0. The Hall–Kier alpha value is 2.85. The van der Waals surface area contributed by atoms with Gasteiger partial charge in [0.15, 0.2) is 0 Å². The Bertz CT molecular complexity index is 379. The fourth-order valence-corrected chi connectivity index (χ4v) is 0. The predicted octanol–water partition coefficient (Wildman–Crippen LogP) is -9.58. The van der Waals surface area contributed by atoms with Crippen molar-refractivity contribution in [2.75, 3.05) is 0 Å². The number of phosphoric acid groups is 5. The molecule has 0 rings (SSSR count). The molecule has 0 atom stereocenters. The molecule has 0 aliphatic rings. The summed E-state index contributed by atoms with van der Waals surface area (Å²) in [5, 5.41) is 0. The van der Waals surface area contributed by atoms with Gasteiger partial charge in [0.05, 0.1) is 0 Å². The first-order valence-corrected chi connectivity index (χ1v) is 11.4. The molecule has 28 heteroatoms. The molecular formula is H9Mg3O20P5. The van der Waals surface area contributed by atoms with Gasteiger partial charge in [-0.05, 0) is 0 Å². The van der Waals surface area contributed by atoms with E-state index >= 15 is 0 Å². The molecule has 0 bridgehead atoms. The normalized spacial score (nSPS) is 10.5. The van der Waals surface area contributed by atoms with Gasteiger partial charge in [-0.15, -0.1) is 0 Å². The van der Waals surface area contributed by atoms with E-state index < -0.39 is 39.1 Å². The third-order valence-electron chi connectivity index (χ3n) is 0. The summed E-state index contributed by atoms with van der Waals surface area (Å²) in [7, 11) is -24.7. The molecule has 0 aliphatic heterocycles. The second-order valence-electron chi connectivity index (χ2n) is 2.43. The molecular weight excluding hydrogens is 548 g/mol.